The summed E-state index contributed by atoms with van der Waals surface area (Å²) in [7, 11) is 0. The third kappa shape index (κ3) is 4.78. The molecule has 1 amide bonds. The van der Waals surface area contributed by atoms with Crippen molar-refractivity contribution in [3.63, 3.8) is 0 Å². The van der Waals surface area contributed by atoms with Crippen molar-refractivity contribution in [2.45, 2.75) is 45.1 Å². The molecule has 1 heterocycles. The van der Waals surface area contributed by atoms with Crippen molar-refractivity contribution >= 4 is 34.9 Å². The van der Waals surface area contributed by atoms with Crippen molar-refractivity contribution in [2.24, 2.45) is 0 Å². The van der Waals surface area contributed by atoms with Gasteiger partial charge in [-0.2, -0.15) is 0 Å². The van der Waals surface area contributed by atoms with Gasteiger partial charge in [0.1, 0.15) is 4.88 Å². The number of hydrogen-bond donors (Lipinski definition) is 1. The Morgan fingerprint density at radius 1 is 1.14 bits per heavy atom. The number of carbonyl (C=O) groups is 3. The smallest absolute Gasteiger partial charge is 0.348 e. The summed E-state index contributed by atoms with van der Waals surface area (Å²) < 4.78 is 4.73. The number of rotatable bonds is 6. The van der Waals surface area contributed by atoms with Crippen LogP contribution in [-0.4, -0.2) is 35.6 Å². The predicted octanol–water partition coefficient (Wildman–Crippen LogP) is 4.34. The van der Waals surface area contributed by atoms with Gasteiger partial charge in [0, 0.05) is 23.5 Å². The topological polar surface area (TPSA) is 83.9 Å². The summed E-state index contributed by atoms with van der Waals surface area (Å²) in [5, 5.41) is 8.62. The van der Waals surface area contributed by atoms with Crippen LogP contribution in [0.3, 0.4) is 0 Å². The van der Waals surface area contributed by atoms with Gasteiger partial charge < -0.3 is 14.7 Å². The zero-order valence-electron chi connectivity index (χ0n) is 15.7. The van der Waals surface area contributed by atoms with Crippen molar-refractivity contribution in [1.29, 1.82) is 0 Å². The van der Waals surface area contributed by atoms with E-state index >= 15 is 0 Å². The van der Waals surface area contributed by atoms with Crippen molar-refractivity contribution in [1.82, 2.24) is 0 Å². The largest absolute Gasteiger partial charge is 0.479 e. The molecule has 1 fully saturated rings. The molecule has 0 saturated heterocycles. The van der Waals surface area contributed by atoms with Crippen LogP contribution in [0.15, 0.2) is 36.4 Å². The lowest BCUT2D eigenvalue weighted by molar-refractivity contribution is -0.140. The molecular weight excluding hydrogens is 378 g/mol. The summed E-state index contributed by atoms with van der Waals surface area (Å²) in [6.07, 6.45) is 5.53. The minimum Gasteiger partial charge on any atom is -0.479 e. The van der Waals surface area contributed by atoms with E-state index in [-0.39, 0.29) is 11.9 Å². The monoisotopic (exact) mass is 401 g/mol. The molecule has 0 unspecified atom stereocenters. The Morgan fingerprint density at radius 3 is 2.57 bits per heavy atom. The van der Waals surface area contributed by atoms with E-state index in [1.54, 1.807) is 19.1 Å². The highest BCUT2D eigenvalue weighted by atomic mass is 32.1. The van der Waals surface area contributed by atoms with Gasteiger partial charge in [-0.05, 0) is 42.7 Å². The van der Waals surface area contributed by atoms with Gasteiger partial charge in [-0.1, -0.05) is 31.4 Å². The van der Waals surface area contributed by atoms with Gasteiger partial charge in [0.15, 0.2) is 6.61 Å². The highest BCUT2D eigenvalue weighted by Crippen LogP contribution is 2.33. The average Bonchev–Trinajstić information content (AvgIpc) is 3.17. The summed E-state index contributed by atoms with van der Waals surface area (Å²) >= 11 is 1.24. The molecule has 2 aromatic rings. The zero-order chi connectivity index (χ0) is 20.1. The number of benzene rings is 1. The van der Waals surface area contributed by atoms with E-state index in [0.717, 1.165) is 41.8 Å². The highest BCUT2D eigenvalue weighted by Gasteiger charge is 2.25. The number of aliphatic carboxylic acids is 1. The molecule has 0 radical (unpaired) electrons. The second-order valence-electron chi connectivity index (χ2n) is 6.86. The number of ether oxygens (including phenoxy) is 1. The number of hydrogen-bond acceptors (Lipinski definition) is 5. The maximum absolute atomic E-state index is 12.3. The molecule has 28 heavy (non-hydrogen) atoms. The van der Waals surface area contributed by atoms with Gasteiger partial charge in [0.25, 0.3) is 0 Å². The highest BCUT2D eigenvalue weighted by molar-refractivity contribution is 7.17. The Balaban J connectivity index is 1.81. The van der Waals surface area contributed by atoms with Gasteiger partial charge in [-0.15, -0.1) is 11.3 Å². The summed E-state index contributed by atoms with van der Waals surface area (Å²) in [6.45, 7) is 0.944. The van der Waals surface area contributed by atoms with Crippen LogP contribution in [0.1, 0.15) is 48.7 Å². The van der Waals surface area contributed by atoms with Gasteiger partial charge >= 0.3 is 11.9 Å². The first-order chi connectivity index (χ1) is 13.5. The number of esters is 1. The molecule has 1 aromatic heterocycles. The lowest BCUT2D eigenvalue weighted by atomic mass is 9.93. The van der Waals surface area contributed by atoms with Crippen LogP contribution < -0.4 is 4.90 Å². The fourth-order valence-electron chi connectivity index (χ4n) is 3.60. The fraction of sp³-hybridized carbons (Fsp3) is 0.381. The van der Waals surface area contributed by atoms with Crippen LogP contribution >= 0.6 is 11.3 Å². The molecule has 0 atom stereocenters. The summed E-state index contributed by atoms with van der Waals surface area (Å²) in [4.78, 5) is 37.9. The van der Waals surface area contributed by atoms with Gasteiger partial charge in [-0.3, -0.25) is 4.79 Å². The standard InChI is InChI=1S/C21H23NO5S/c1-14(23)22(16-7-3-2-4-8-16)17-9-5-6-15(12-17)18-10-11-19(28-18)21(26)27-13-20(24)25/h5-6,9-12,16H,2-4,7-8,13H2,1H3,(H,24,25). The van der Waals surface area contributed by atoms with E-state index in [1.165, 1.54) is 17.8 Å². The van der Waals surface area contributed by atoms with Crippen molar-refractivity contribution in [3.05, 3.63) is 41.3 Å². The van der Waals surface area contributed by atoms with Crippen LogP contribution in [0, 0.1) is 0 Å². The molecule has 1 saturated carbocycles. The lowest BCUT2D eigenvalue weighted by Gasteiger charge is -2.34. The Morgan fingerprint density at radius 2 is 1.89 bits per heavy atom. The first-order valence-electron chi connectivity index (χ1n) is 9.34. The van der Waals surface area contributed by atoms with E-state index in [9.17, 15) is 14.4 Å². The van der Waals surface area contributed by atoms with Crippen LogP contribution in [0.4, 0.5) is 5.69 Å². The second kappa shape index (κ2) is 9.01. The van der Waals surface area contributed by atoms with Crippen molar-refractivity contribution in [2.75, 3.05) is 11.5 Å². The van der Waals surface area contributed by atoms with Gasteiger partial charge in [0.05, 0.1) is 0 Å². The molecule has 6 nitrogen and oxygen atoms in total. The van der Waals surface area contributed by atoms with E-state index < -0.39 is 18.5 Å². The molecule has 0 aliphatic heterocycles. The van der Waals surface area contributed by atoms with Crippen molar-refractivity contribution in [3.8, 4) is 10.4 Å². The summed E-state index contributed by atoms with van der Waals surface area (Å²) in [5.74, 6) is -1.81. The minimum atomic E-state index is -1.19. The van der Waals surface area contributed by atoms with E-state index in [4.69, 9.17) is 9.84 Å². The molecule has 1 aliphatic carbocycles. The number of anilines is 1. The average molecular weight is 401 g/mol. The molecular formula is C21H23NO5S. The zero-order valence-corrected chi connectivity index (χ0v) is 16.5. The van der Waals surface area contributed by atoms with Crippen LogP contribution in [0.25, 0.3) is 10.4 Å². The second-order valence-corrected chi connectivity index (χ2v) is 7.95. The normalized spacial score (nSPS) is 14.5. The molecule has 0 spiro atoms. The number of thiophene rings is 1. The maximum Gasteiger partial charge on any atom is 0.348 e. The lowest BCUT2D eigenvalue weighted by Crippen LogP contribution is -2.40. The number of carboxylic acid groups (broad SMARTS) is 1. The molecule has 1 N–H and O–H groups in total. The minimum absolute atomic E-state index is 0.0353. The first-order valence-corrected chi connectivity index (χ1v) is 10.2. The number of nitrogens with zero attached hydrogens (tertiary/aromatic N) is 1. The summed E-state index contributed by atoms with van der Waals surface area (Å²) in [5.41, 5.74) is 1.77. The fourth-order valence-corrected chi connectivity index (χ4v) is 4.50. The van der Waals surface area contributed by atoms with Gasteiger partial charge in [-0.25, -0.2) is 9.59 Å². The van der Waals surface area contributed by atoms with E-state index in [0.29, 0.717) is 4.88 Å². The molecule has 1 aromatic carbocycles. The van der Waals surface area contributed by atoms with Crippen molar-refractivity contribution < 1.29 is 24.2 Å². The van der Waals surface area contributed by atoms with Crippen LogP contribution in [-0.2, 0) is 14.3 Å². The first kappa shape index (κ1) is 20.1. The number of amides is 1. The molecule has 1 aliphatic rings. The van der Waals surface area contributed by atoms with E-state index in [1.807, 2.05) is 29.2 Å². The van der Waals surface area contributed by atoms with E-state index in [2.05, 4.69) is 0 Å². The Kier molecular flexibility index (Phi) is 6.46. The van der Waals surface area contributed by atoms with Crippen LogP contribution in [0.5, 0.6) is 0 Å². The maximum atomic E-state index is 12.3. The third-order valence-corrected chi connectivity index (χ3v) is 5.94. The Labute approximate surface area is 167 Å². The predicted molar refractivity (Wildman–Crippen MR) is 108 cm³/mol. The molecule has 148 valence electrons. The number of carbonyl (C=O) groups excluding carboxylic acids is 2. The number of carboxylic acids is 1. The molecule has 0 bridgehead atoms. The summed E-state index contributed by atoms with van der Waals surface area (Å²) in [6, 6.07) is 11.4. The third-order valence-electron chi connectivity index (χ3n) is 4.82. The molecule has 7 heteroatoms. The van der Waals surface area contributed by atoms with Crippen LogP contribution in [0.2, 0.25) is 0 Å². The Bertz CT molecular complexity index is 869. The quantitative estimate of drug-likeness (QED) is 0.728. The SMILES string of the molecule is CC(=O)N(c1cccc(-c2ccc(C(=O)OCC(=O)O)s2)c1)C1CCCCC1. The Hall–Kier alpha value is -2.67. The molecule has 3 rings (SSSR count). The van der Waals surface area contributed by atoms with Gasteiger partial charge in [0.2, 0.25) is 5.91 Å².